The zero-order valence-corrected chi connectivity index (χ0v) is 13.4. The van der Waals surface area contributed by atoms with E-state index in [1.165, 1.54) is 18.4 Å². The summed E-state index contributed by atoms with van der Waals surface area (Å²) in [6, 6.07) is 7.46. The Hall–Kier alpha value is -1.99. The number of hydrogen-bond donors (Lipinski definition) is 1. The number of nitrogens with two attached hydrogens (primary N) is 1. The first-order valence-electron chi connectivity index (χ1n) is 6.00. The zero-order chi connectivity index (χ0) is 15.0. The van der Waals surface area contributed by atoms with Crippen LogP contribution in [0.3, 0.4) is 0 Å². The maximum absolute atomic E-state index is 11.7. The molecule has 0 aromatic carbocycles. The van der Waals surface area contributed by atoms with E-state index in [1.54, 1.807) is 6.20 Å². The molecular weight excluding hydrogens is 354 g/mol. The number of fused-ring (bicyclic) bond motifs is 1. The van der Waals surface area contributed by atoms with E-state index in [2.05, 4.69) is 25.9 Å². The normalized spacial score (nSPS) is 10.8. The van der Waals surface area contributed by atoms with Crippen molar-refractivity contribution in [2.45, 2.75) is 0 Å². The molecule has 7 heteroatoms. The minimum absolute atomic E-state index is 0.366. The van der Waals surface area contributed by atoms with Gasteiger partial charge in [0.1, 0.15) is 15.4 Å². The highest BCUT2D eigenvalue weighted by atomic mass is 79.9. The SMILES string of the molecule is COC(=O)c1sc2nc(-c3ccccn3)c(Br)cc2c1N. The lowest BCUT2D eigenvalue weighted by atomic mass is 10.2. The third-order valence-electron chi connectivity index (χ3n) is 2.95. The van der Waals surface area contributed by atoms with E-state index >= 15 is 0 Å². The highest BCUT2D eigenvalue weighted by molar-refractivity contribution is 9.10. The summed E-state index contributed by atoms with van der Waals surface area (Å²) >= 11 is 4.70. The number of halogens is 1. The van der Waals surface area contributed by atoms with Crippen LogP contribution in [0.4, 0.5) is 5.69 Å². The summed E-state index contributed by atoms with van der Waals surface area (Å²) in [4.78, 5) is 21.6. The fraction of sp³-hybridized carbons (Fsp3) is 0.0714. The average molecular weight is 364 g/mol. The van der Waals surface area contributed by atoms with Crippen LogP contribution in [0.15, 0.2) is 34.9 Å². The quantitative estimate of drug-likeness (QED) is 0.705. The van der Waals surface area contributed by atoms with E-state index in [-0.39, 0.29) is 0 Å². The molecule has 0 atom stereocenters. The van der Waals surface area contributed by atoms with Crippen LogP contribution in [-0.4, -0.2) is 23.0 Å². The fourth-order valence-electron chi connectivity index (χ4n) is 1.94. The molecule has 0 aliphatic heterocycles. The molecule has 0 bridgehead atoms. The van der Waals surface area contributed by atoms with Gasteiger partial charge in [0.2, 0.25) is 0 Å². The lowest BCUT2D eigenvalue weighted by Gasteiger charge is -2.03. The van der Waals surface area contributed by atoms with Gasteiger partial charge in [0.05, 0.1) is 18.5 Å². The standard InChI is InChI=1S/C14H10BrN3O2S/c1-20-14(19)12-10(16)7-6-8(15)11(18-13(7)21-12)9-4-2-3-5-17-9/h2-6H,16H2,1H3. The number of esters is 1. The Morgan fingerprint density at radius 1 is 1.43 bits per heavy atom. The number of nitrogens with zero attached hydrogens (tertiary/aromatic N) is 2. The Bertz CT molecular complexity index is 833. The number of aromatic nitrogens is 2. The van der Waals surface area contributed by atoms with Gasteiger partial charge in [-0.1, -0.05) is 6.07 Å². The molecule has 0 aliphatic carbocycles. The summed E-state index contributed by atoms with van der Waals surface area (Å²) in [7, 11) is 1.33. The summed E-state index contributed by atoms with van der Waals surface area (Å²) in [6.07, 6.45) is 1.70. The topological polar surface area (TPSA) is 78.1 Å². The van der Waals surface area contributed by atoms with E-state index in [0.717, 1.165) is 15.6 Å². The van der Waals surface area contributed by atoms with Crippen LogP contribution in [0.25, 0.3) is 21.6 Å². The lowest BCUT2D eigenvalue weighted by molar-refractivity contribution is 0.0607. The average Bonchev–Trinajstić information content (AvgIpc) is 2.83. The van der Waals surface area contributed by atoms with Crippen molar-refractivity contribution in [3.8, 4) is 11.4 Å². The summed E-state index contributed by atoms with van der Waals surface area (Å²) in [5, 5.41) is 0.729. The second-order valence-electron chi connectivity index (χ2n) is 4.22. The molecule has 0 saturated carbocycles. The van der Waals surface area contributed by atoms with Crippen molar-refractivity contribution in [1.82, 2.24) is 9.97 Å². The smallest absolute Gasteiger partial charge is 0.350 e. The van der Waals surface area contributed by atoms with Crippen LogP contribution in [0.2, 0.25) is 0 Å². The number of anilines is 1. The highest BCUT2D eigenvalue weighted by Crippen LogP contribution is 2.37. The molecule has 3 aromatic rings. The number of carbonyl (C=O) groups excluding carboxylic acids is 1. The van der Waals surface area contributed by atoms with Crippen LogP contribution in [0.1, 0.15) is 9.67 Å². The second kappa shape index (κ2) is 5.42. The lowest BCUT2D eigenvalue weighted by Crippen LogP contribution is -2.01. The molecule has 0 saturated heterocycles. The van der Waals surface area contributed by atoms with Crippen LogP contribution < -0.4 is 5.73 Å². The van der Waals surface area contributed by atoms with E-state index < -0.39 is 5.97 Å². The molecule has 3 heterocycles. The number of rotatable bonds is 2. The molecule has 0 unspecified atom stereocenters. The summed E-state index contributed by atoms with van der Waals surface area (Å²) < 4.78 is 5.50. The number of carbonyl (C=O) groups is 1. The van der Waals surface area contributed by atoms with Crippen molar-refractivity contribution < 1.29 is 9.53 Å². The molecule has 0 amide bonds. The van der Waals surface area contributed by atoms with Gasteiger partial charge < -0.3 is 10.5 Å². The second-order valence-corrected chi connectivity index (χ2v) is 6.08. The summed E-state index contributed by atoms with van der Waals surface area (Å²) in [5.74, 6) is -0.453. The van der Waals surface area contributed by atoms with Gasteiger partial charge in [0.15, 0.2) is 0 Å². The Morgan fingerprint density at radius 2 is 2.24 bits per heavy atom. The van der Waals surface area contributed by atoms with E-state index in [1.807, 2.05) is 24.3 Å². The van der Waals surface area contributed by atoms with Crippen molar-refractivity contribution >= 4 is 49.1 Å². The third-order valence-corrected chi connectivity index (χ3v) is 4.65. The minimum Gasteiger partial charge on any atom is -0.465 e. The number of methoxy groups -OCH3 is 1. The van der Waals surface area contributed by atoms with Crippen molar-refractivity contribution in [2.75, 3.05) is 12.8 Å². The van der Waals surface area contributed by atoms with Gasteiger partial charge in [-0.3, -0.25) is 4.98 Å². The van der Waals surface area contributed by atoms with Gasteiger partial charge in [-0.05, 0) is 34.1 Å². The van der Waals surface area contributed by atoms with E-state index in [0.29, 0.717) is 21.1 Å². The van der Waals surface area contributed by atoms with Crippen molar-refractivity contribution in [2.24, 2.45) is 0 Å². The largest absolute Gasteiger partial charge is 0.465 e. The number of pyridine rings is 2. The van der Waals surface area contributed by atoms with Gasteiger partial charge in [0, 0.05) is 16.1 Å². The fourth-order valence-corrected chi connectivity index (χ4v) is 3.46. The monoisotopic (exact) mass is 363 g/mol. The number of hydrogen-bond acceptors (Lipinski definition) is 6. The predicted octanol–water partition coefficient (Wildman–Crippen LogP) is 3.49. The number of ether oxygens (including phenoxy) is 1. The zero-order valence-electron chi connectivity index (χ0n) is 11.0. The number of thiophene rings is 1. The minimum atomic E-state index is -0.453. The van der Waals surface area contributed by atoms with Gasteiger partial charge in [-0.25, -0.2) is 9.78 Å². The Balaban J connectivity index is 2.23. The highest BCUT2D eigenvalue weighted by Gasteiger charge is 2.19. The molecule has 2 N–H and O–H groups in total. The number of nitrogen functional groups attached to an aromatic ring is 1. The van der Waals surface area contributed by atoms with Crippen LogP contribution >= 0.6 is 27.3 Å². The molecule has 0 radical (unpaired) electrons. The van der Waals surface area contributed by atoms with Gasteiger partial charge >= 0.3 is 5.97 Å². The van der Waals surface area contributed by atoms with E-state index in [4.69, 9.17) is 10.5 Å². The van der Waals surface area contributed by atoms with Crippen molar-refractivity contribution in [3.05, 3.63) is 39.8 Å². The van der Waals surface area contributed by atoms with Gasteiger partial charge in [0.25, 0.3) is 0 Å². The summed E-state index contributed by atoms with van der Waals surface area (Å²) in [5.41, 5.74) is 7.85. The third kappa shape index (κ3) is 2.38. The van der Waals surface area contributed by atoms with E-state index in [9.17, 15) is 4.79 Å². The Labute approximate surface area is 132 Å². The molecule has 3 rings (SSSR count). The molecule has 0 fully saturated rings. The van der Waals surface area contributed by atoms with Crippen LogP contribution in [0.5, 0.6) is 0 Å². The molecule has 0 aliphatic rings. The first kappa shape index (κ1) is 14.0. The molecule has 106 valence electrons. The van der Waals surface area contributed by atoms with Crippen molar-refractivity contribution in [1.29, 1.82) is 0 Å². The maximum atomic E-state index is 11.7. The maximum Gasteiger partial charge on any atom is 0.350 e. The molecule has 0 spiro atoms. The van der Waals surface area contributed by atoms with Gasteiger partial charge in [-0.15, -0.1) is 11.3 Å². The first-order valence-corrected chi connectivity index (χ1v) is 7.61. The predicted molar refractivity (Wildman–Crippen MR) is 86.3 cm³/mol. The van der Waals surface area contributed by atoms with Crippen LogP contribution in [-0.2, 0) is 4.74 Å². The van der Waals surface area contributed by atoms with Crippen LogP contribution in [0, 0.1) is 0 Å². The van der Waals surface area contributed by atoms with Crippen molar-refractivity contribution in [3.63, 3.8) is 0 Å². The van der Waals surface area contributed by atoms with Gasteiger partial charge in [-0.2, -0.15) is 0 Å². The Morgan fingerprint density at radius 3 is 2.90 bits per heavy atom. The summed E-state index contributed by atoms with van der Waals surface area (Å²) in [6.45, 7) is 0. The Kier molecular flexibility index (Phi) is 3.60. The first-order chi connectivity index (χ1) is 10.1. The molecule has 21 heavy (non-hydrogen) atoms. The molecule has 5 nitrogen and oxygen atoms in total. The molecule has 3 aromatic heterocycles. The molecular formula is C14H10BrN3O2S.